The second kappa shape index (κ2) is 2.64. The molecule has 0 saturated heterocycles. The van der Waals surface area contributed by atoms with E-state index < -0.39 is 6.09 Å². The van der Waals surface area contributed by atoms with Crippen LogP contribution in [0.25, 0.3) is 0 Å². The first-order valence-corrected chi connectivity index (χ1v) is 4.38. The lowest BCUT2D eigenvalue weighted by atomic mass is 9.76. The van der Waals surface area contributed by atoms with E-state index >= 15 is 0 Å². The van der Waals surface area contributed by atoms with Gasteiger partial charge in [0.05, 0.1) is 0 Å². The minimum atomic E-state index is -0.910. The van der Waals surface area contributed by atoms with Gasteiger partial charge in [0.2, 0.25) is 0 Å². The minimum Gasteiger partial charge on any atom is -0.465 e. The zero-order valence-corrected chi connectivity index (χ0v) is 7.98. The molecule has 70 valence electrons. The van der Waals surface area contributed by atoms with Crippen LogP contribution in [0, 0.1) is 5.41 Å². The van der Waals surface area contributed by atoms with Crippen LogP contribution in [0.1, 0.15) is 40.0 Å². The van der Waals surface area contributed by atoms with E-state index in [4.69, 9.17) is 5.11 Å². The van der Waals surface area contributed by atoms with Crippen LogP contribution in [0.2, 0.25) is 0 Å². The highest BCUT2D eigenvalue weighted by atomic mass is 16.4. The largest absolute Gasteiger partial charge is 0.465 e. The van der Waals surface area contributed by atoms with E-state index in [-0.39, 0.29) is 11.0 Å². The third-order valence-corrected chi connectivity index (χ3v) is 3.36. The Kier molecular flexibility index (Phi) is 2.06. The van der Waals surface area contributed by atoms with Gasteiger partial charge in [0.25, 0.3) is 0 Å². The van der Waals surface area contributed by atoms with Gasteiger partial charge in [-0.1, -0.05) is 20.3 Å². The van der Waals surface area contributed by atoms with Crippen molar-refractivity contribution in [3.05, 3.63) is 0 Å². The molecule has 0 radical (unpaired) electrons. The van der Waals surface area contributed by atoms with E-state index in [1.54, 1.807) is 0 Å². The molecule has 1 unspecified atom stereocenters. The van der Waals surface area contributed by atoms with E-state index in [0.717, 1.165) is 19.3 Å². The Labute approximate surface area is 73.2 Å². The molecule has 3 heteroatoms. The Morgan fingerprint density at radius 3 is 2.25 bits per heavy atom. The zero-order chi connectivity index (χ0) is 9.41. The number of rotatable bonds is 1. The second-order valence-corrected chi connectivity index (χ2v) is 4.50. The third-order valence-electron chi connectivity index (χ3n) is 3.36. The first-order chi connectivity index (χ1) is 5.37. The molecule has 1 amide bonds. The molecular formula is C9H17NO2. The summed E-state index contributed by atoms with van der Waals surface area (Å²) in [5, 5.41) is 11.3. The maximum Gasteiger partial charge on any atom is 0.405 e. The molecule has 0 heterocycles. The lowest BCUT2D eigenvalue weighted by molar-refractivity contribution is 0.143. The summed E-state index contributed by atoms with van der Waals surface area (Å²) in [5.41, 5.74) is -0.149. The quantitative estimate of drug-likeness (QED) is 0.635. The van der Waals surface area contributed by atoms with Gasteiger partial charge in [-0.05, 0) is 25.2 Å². The molecule has 2 N–H and O–H groups in total. The standard InChI is InChI=1S/C9H17NO2/c1-8(2)5-4-6-9(8,3)10-7(11)12/h10H,4-6H2,1-3H3,(H,11,12). The van der Waals surface area contributed by atoms with Crippen LogP contribution in [0.5, 0.6) is 0 Å². The van der Waals surface area contributed by atoms with Crippen molar-refractivity contribution in [2.45, 2.75) is 45.6 Å². The summed E-state index contributed by atoms with van der Waals surface area (Å²) in [6.07, 6.45) is 2.26. The Bertz CT molecular complexity index is 201. The highest BCUT2D eigenvalue weighted by Gasteiger charge is 2.45. The summed E-state index contributed by atoms with van der Waals surface area (Å²) in [6, 6.07) is 0. The lowest BCUT2D eigenvalue weighted by Gasteiger charge is -2.38. The normalized spacial score (nSPS) is 33.2. The van der Waals surface area contributed by atoms with Gasteiger partial charge in [0.15, 0.2) is 0 Å². The highest BCUT2D eigenvalue weighted by Crippen LogP contribution is 2.45. The van der Waals surface area contributed by atoms with Gasteiger partial charge in [-0.25, -0.2) is 4.79 Å². The van der Waals surface area contributed by atoms with Gasteiger partial charge in [0.1, 0.15) is 0 Å². The molecule has 0 aliphatic heterocycles. The molecule has 0 bridgehead atoms. The van der Waals surface area contributed by atoms with Crippen molar-refractivity contribution in [1.82, 2.24) is 5.32 Å². The van der Waals surface area contributed by atoms with Crippen LogP contribution in [-0.2, 0) is 0 Å². The average Bonchev–Trinajstić information content (AvgIpc) is 2.05. The first kappa shape index (κ1) is 9.36. The van der Waals surface area contributed by atoms with Crippen molar-refractivity contribution in [3.63, 3.8) is 0 Å². The maximum atomic E-state index is 10.5. The third kappa shape index (κ3) is 1.40. The molecule has 1 atom stereocenters. The van der Waals surface area contributed by atoms with Gasteiger partial charge in [-0.2, -0.15) is 0 Å². The molecule has 3 nitrogen and oxygen atoms in total. The van der Waals surface area contributed by atoms with Crippen LogP contribution < -0.4 is 5.32 Å². The van der Waals surface area contributed by atoms with Gasteiger partial charge in [0, 0.05) is 5.54 Å². The van der Waals surface area contributed by atoms with E-state index in [1.807, 2.05) is 6.92 Å². The summed E-state index contributed by atoms with van der Waals surface area (Å²) >= 11 is 0. The summed E-state index contributed by atoms with van der Waals surface area (Å²) in [4.78, 5) is 10.5. The molecule has 1 rings (SSSR count). The summed E-state index contributed by atoms with van der Waals surface area (Å²) < 4.78 is 0. The molecule has 0 aromatic rings. The van der Waals surface area contributed by atoms with Crippen LogP contribution in [0.3, 0.4) is 0 Å². The second-order valence-electron chi connectivity index (χ2n) is 4.50. The van der Waals surface area contributed by atoms with Crippen molar-refractivity contribution in [1.29, 1.82) is 0 Å². The van der Waals surface area contributed by atoms with E-state index in [0.29, 0.717) is 0 Å². The van der Waals surface area contributed by atoms with E-state index in [9.17, 15) is 4.79 Å². The van der Waals surface area contributed by atoms with Crippen molar-refractivity contribution >= 4 is 6.09 Å². The Balaban J connectivity index is 2.75. The van der Waals surface area contributed by atoms with E-state index in [1.165, 1.54) is 0 Å². The maximum absolute atomic E-state index is 10.5. The van der Waals surface area contributed by atoms with Gasteiger partial charge in [-0.15, -0.1) is 0 Å². The van der Waals surface area contributed by atoms with Crippen LogP contribution in [0.15, 0.2) is 0 Å². The summed E-state index contributed by atoms with van der Waals surface area (Å²) in [5.74, 6) is 0. The number of nitrogens with one attached hydrogen (secondary N) is 1. The molecule has 0 spiro atoms. The molecule has 0 aromatic carbocycles. The number of carboxylic acid groups (broad SMARTS) is 1. The fourth-order valence-corrected chi connectivity index (χ4v) is 1.97. The fraction of sp³-hybridized carbons (Fsp3) is 0.889. The molecule has 1 fully saturated rings. The van der Waals surface area contributed by atoms with Crippen molar-refractivity contribution < 1.29 is 9.90 Å². The van der Waals surface area contributed by atoms with Crippen molar-refractivity contribution in [2.24, 2.45) is 5.41 Å². The number of hydrogen-bond acceptors (Lipinski definition) is 1. The first-order valence-electron chi connectivity index (χ1n) is 4.38. The highest BCUT2D eigenvalue weighted by molar-refractivity contribution is 5.65. The SMILES string of the molecule is CC1(C)CCCC1(C)NC(=O)O. The van der Waals surface area contributed by atoms with Gasteiger partial charge >= 0.3 is 6.09 Å². The summed E-state index contributed by atoms with van der Waals surface area (Å²) in [7, 11) is 0. The smallest absolute Gasteiger partial charge is 0.405 e. The Hall–Kier alpha value is -0.730. The average molecular weight is 171 g/mol. The van der Waals surface area contributed by atoms with Gasteiger partial charge in [-0.3, -0.25) is 0 Å². The monoisotopic (exact) mass is 171 g/mol. The molecule has 1 aliphatic rings. The molecule has 1 saturated carbocycles. The van der Waals surface area contributed by atoms with Gasteiger partial charge < -0.3 is 10.4 Å². The molecular weight excluding hydrogens is 154 g/mol. The van der Waals surface area contributed by atoms with Crippen molar-refractivity contribution in [3.8, 4) is 0 Å². The van der Waals surface area contributed by atoms with Crippen LogP contribution in [0.4, 0.5) is 4.79 Å². The summed E-state index contributed by atoms with van der Waals surface area (Å²) in [6.45, 7) is 6.24. The number of carbonyl (C=O) groups is 1. The predicted octanol–water partition coefficient (Wildman–Crippen LogP) is 2.22. The Morgan fingerprint density at radius 2 is 1.92 bits per heavy atom. The Morgan fingerprint density at radius 1 is 1.33 bits per heavy atom. The lowest BCUT2D eigenvalue weighted by Crippen LogP contribution is -2.52. The molecule has 0 aromatic heterocycles. The predicted molar refractivity (Wildman–Crippen MR) is 47.2 cm³/mol. The van der Waals surface area contributed by atoms with Crippen molar-refractivity contribution in [2.75, 3.05) is 0 Å². The van der Waals surface area contributed by atoms with Crippen LogP contribution >= 0.6 is 0 Å². The molecule has 12 heavy (non-hydrogen) atoms. The fourth-order valence-electron chi connectivity index (χ4n) is 1.97. The molecule has 1 aliphatic carbocycles. The number of hydrogen-bond donors (Lipinski definition) is 2. The minimum absolute atomic E-state index is 0.0887. The van der Waals surface area contributed by atoms with Crippen LogP contribution in [-0.4, -0.2) is 16.7 Å². The van der Waals surface area contributed by atoms with E-state index in [2.05, 4.69) is 19.2 Å². The number of amides is 1. The zero-order valence-electron chi connectivity index (χ0n) is 7.98. The topological polar surface area (TPSA) is 49.3 Å².